The van der Waals surface area contributed by atoms with E-state index in [4.69, 9.17) is 9.47 Å². The van der Waals surface area contributed by atoms with E-state index in [0.29, 0.717) is 12.8 Å². The van der Waals surface area contributed by atoms with Crippen LogP contribution in [0, 0.1) is 17.7 Å². The molecule has 1 aliphatic carbocycles. The van der Waals surface area contributed by atoms with E-state index in [2.05, 4.69) is 0 Å². The van der Waals surface area contributed by atoms with Crippen molar-refractivity contribution in [3.05, 3.63) is 41.7 Å². The standard InChI is InChI=1S/C19H18FNO6/c1-26-16-7-6-11(8-14(16)20)15(22)10-27-17(23)9-21-18(24)12-4-2-3-5-13(12)19(21)25/h2-3,6-8,12-13H,4-5,9-10H2,1H3/t12-,13-/m0/s1. The highest BCUT2D eigenvalue weighted by atomic mass is 19.1. The maximum absolute atomic E-state index is 13.6. The van der Waals surface area contributed by atoms with Gasteiger partial charge in [-0.2, -0.15) is 0 Å². The number of ketones is 1. The first-order chi connectivity index (χ1) is 12.9. The van der Waals surface area contributed by atoms with Crippen LogP contribution in [-0.2, 0) is 19.1 Å². The van der Waals surface area contributed by atoms with E-state index in [9.17, 15) is 23.6 Å². The van der Waals surface area contributed by atoms with Crippen LogP contribution in [0.25, 0.3) is 0 Å². The Morgan fingerprint density at radius 3 is 2.33 bits per heavy atom. The Morgan fingerprint density at radius 1 is 1.15 bits per heavy atom. The zero-order valence-corrected chi connectivity index (χ0v) is 14.6. The summed E-state index contributed by atoms with van der Waals surface area (Å²) < 4.78 is 23.3. The number of amides is 2. The van der Waals surface area contributed by atoms with Crippen LogP contribution in [-0.4, -0.2) is 48.7 Å². The van der Waals surface area contributed by atoms with Gasteiger partial charge >= 0.3 is 5.97 Å². The summed E-state index contributed by atoms with van der Waals surface area (Å²) in [5.74, 6) is -3.85. The number of esters is 1. The molecule has 0 spiro atoms. The molecule has 2 atom stereocenters. The van der Waals surface area contributed by atoms with Crippen LogP contribution in [0.5, 0.6) is 5.75 Å². The lowest BCUT2D eigenvalue weighted by Crippen LogP contribution is -2.37. The topological polar surface area (TPSA) is 90.0 Å². The second-order valence-electron chi connectivity index (χ2n) is 6.35. The molecule has 1 heterocycles. The van der Waals surface area contributed by atoms with Crippen LogP contribution in [0.4, 0.5) is 4.39 Å². The number of hydrogen-bond donors (Lipinski definition) is 0. The Labute approximate surface area is 154 Å². The largest absolute Gasteiger partial charge is 0.494 e. The Balaban J connectivity index is 1.55. The maximum atomic E-state index is 13.6. The zero-order chi connectivity index (χ0) is 19.6. The number of methoxy groups -OCH3 is 1. The molecule has 142 valence electrons. The van der Waals surface area contributed by atoms with Gasteiger partial charge in [-0.15, -0.1) is 0 Å². The molecule has 27 heavy (non-hydrogen) atoms. The summed E-state index contributed by atoms with van der Waals surface area (Å²) in [7, 11) is 1.30. The summed E-state index contributed by atoms with van der Waals surface area (Å²) in [5.41, 5.74) is 0.0199. The SMILES string of the molecule is COc1ccc(C(=O)COC(=O)CN2C(=O)[C@H]3CC=CC[C@@H]3C2=O)cc1F. The number of nitrogens with zero attached hydrogens (tertiary/aromatic N) is 1. The molecule has 2 aliphatic rings. The van der Waals surface area contributed by atoms with Gasteiger partial charge in [0.25, 0.3) is 0 Å². The third kappa shape index (κ3) is 3.74. The van der Waals surface area contributed by atoms with Gasteiger partial charge in [0.2, 0.25) is 11.8 Å². The van der Waals surface area contributed by atoms with Crippen molar-refractivity contribution in [1.29, 1.82) is 0 Å². The second-order valence-corrected chi connectivity index (χ2v) is 6.35. The van der Waals surface area contributed by atoms with Gasteiger partial charge in [0.05, 0.1) is 18.9 Å². The minimum Gasteiger partial charge on any atom is -0.494 e. The van der Waals surface area contributed by atoms with Gasteiger partial charge in [0.1, 0.15) is 6.54 Å². The fraction of sp³-hybridized carbons (Fsp3) is 0.368. The predicted octanol–water partition coefficient (Wildman–Crippen LogP) is 1.51. The summed E-state index contributed by atoms with van der Waals surface area (Å²) in [6, 6.07) is 3.63. The van der Waals surface area contributed by atoms with E-state index in [0.717, 1.165) is 11.0 Å². The number of fused-ring (bicyclic) bond motifs is 1. The van der Waals surface area contributed by atoms with Crippen molar-refractivity contribution >= 4 is 23.6 Å². The van der Waals surface area contributed by atoms with Crippen LogP contribution in [0.15, 0.2) is 30.4 Å². The first kappa shape index (κ1) is 18.8. The molecule has 0 aromatic heterocycles. The van der Waals surface area contributed by atoms with E-state index in [-0.39, 0.29) is 11.3 Å². The number of imide groups is 1. The highest BCUT2D eigenvalue weighted by Gasteiger charge is 2.47. The smallest absolute Gasteiger partial charge is 0.326 e. The highest BCUT2D eigenvalue weighted by Crippen LogP contribution is 2.34. The summed E-state index contributed by atoms with van der Waals surface area (Å²) in [4.78, 5) is 49.5. The van der Waals surface area contributed by atoms with E-state index in [1.807, 2.05) is 12.2 Å². The van der Waals surface area contributed by atoms with Crippen molar-refractivity contribution < 1.29 is 33.0 Å². The number of allylic oxidation sites excluding steroid dienone is 2. The monoisotopic (exact) mass is 375 g/mol. The first-order valence-electron chi connectivity index (χ1n) is 8.45. The van der Waals surface area contributed by atoms with Gasteiger partial charge in [0, 0.05) is 5.56 Å². The van der Waals surface area contributed by atoms with Crippen molar-refractivity contribution in [2.24, 2.45) is 11.8 Å². The van der Waals surface area contributed by atoms with Gasteiger partial charge in [-0.05, 0) is 31.0 Å². The van der Waals surface area contributed by atoms with Crippen molar-refractivity contribution in [2.45, 2.75) is 12.8 Å². The molecule has 3 rings (SSSR count). The lowest BCUT2D eigenvalue weighted by molar-refractivity contribution is -0.152. The number of likely N-dealkylation sites (tertiary alicyclic amines) is 1. The maximum Gasteiger partial charge on any atom is 0.326 e. The summed E-state index contributed by atoms with van der Waals surface area (Å²) >= 11 is 0. The zero-order valence-electron chi connectivity index (χ0n) is 14.6. The Bertz CT molecular complexity index is 807. The molecule has 0 radical (unpaired) electrons. The number of hydrogen-bond acceptors (Lipinski definition) is 6. The summed E-state index contributed by atoms with van der Waals surface area (Å²) in [6.07, 6.45) is 4.65. The van der Waals surface area contributed by atoms with E-state index in [1.165, 1.54) is 19.2 Å². The van der Waals surface area contributed by atoms with Gasteiger partial charge < -0.3 is 9.47 Å². The van der Waals surface area contributed by atoms with Gasteiger partial charge in [-0.3, -0.25) is 24.1 Å². The van der Waals surface area contributed by atoms with Gasteiger partial charge in [-0.1, -0.05) is 12.2 Å². The lowest BCUT2D eigenvalue weighted by atomic mass is 9.85. The molecule has 8 heteroatoms. The molecule has 0 N–H and O–H groups in total. The van der Waals surface area contributed by atoms with Crippen molar-refractivity contribution in [3.8, 4) is 5.75 Å². The van der Waals surface area contributed by atoms with Gasteiger partial charge in [-0.25, -0.2) is 4.39 Å². The van der Waals surface area contributed by atoms with Crippen molar-refractivity contribution in [1.82, 2.24) is 4.90 Å². The third-order valence-electron chi connectivity index (χ3n) is 4.72. The summed E-state index contributed by atoms with van der Waals surface area (Å²) in [5, 5.41) is 0. The Kier molecular flexibility index (Phi) is 5.34. The van der Waals surface area contributed by atoms with Crippen LogP contribution < -0.4 is 4.74 Å². The predicted molar refractivity (Wildman–Crippen MR) is 90.3 cm³/mol. The molecule has 0 bridgehead atoms. The normalized spacial score (nSPS) is 21.2. The number of halogens is 1. The average molecular weight is 375 g/mol. The number of rotatable bonds is 6. The second kappa shape index (κ2) is 7.69. The summed E-state index contributed by atoms with van der Waals surface area (Å²) in [6.45, 7) is -1.15. The molecule has 0 saturated carbocycles. The van der Waals surface area contributed by atoms with Crippen LogP contribution >= 0.6 is 0 Å². The van der Waals surface area contributed by atoms with Crippen molar-refractivity contribution in [2.75, 3.05) is 20.3 Å². The van der Waals surface area contributed by atoms with Gasteiger partial charge in [0.15, 0.2) is 24.0 Å². The molecule has 1 saturated heterocycles. The minimum absolute atomic E-state index is 0.00874. The molecule has 1 aromatic carbocycles. The lowest BCUT2D eigenvalue weighted by Gasteiger charge is -2.14. The number of benzene rings is 1. The van der Waals surface area contributed by atoms with Crippen LogP contribution in [0.3, 0.4) is 0 Å². The number of ether oxygens (including phenoxy) is 2. The van der Waals surface area contributed by atoms with Crippen LogP contribution in [0.2, 0.25) is 0 Å². The van der Waals surface area contributed by atoms with E-state index in [1.54, 1.807) is 0 Å². The highest BCUT2D eigenvalue weighted by molar-refractivity contribution is 6.07. The molecule has 2 amide bonds. The van der Waals surface area contributed by atoms with E-state index >= 15 is 0 Å². The molecule has 1 fully saturated rings. The average Bonchev–Trinajstić information content (AvgIpc) is 2.91. The quantitative estimate of drug-likeness (QED) is 0.324. The third-order valence-corrected chi connectivity index (χ3v) is 4.72. The fourth-order valence-electron chi connectivity index (χ4n) is 3.27. The Morgan fingerprint density at radius 2 is 1.78 bits per heavy atom. The number of carbonyl (C=O) groups is 4. The molecule has 1 aliphatic heterocycles. The fourth-order valence-corrected chi connectivity index (χ4v) is 3.27. The molecular formula is C19H18FNO6. The number of carbonyl (C=O) groups excluding carboxylic acids is 4. The molecule has 0 unspecified atom stereocenters. The van der Waals surface area contributed by atoms with E-state index < -0.39 is 54.4 Å². The van der Waals surface area contributed by atoms with Crippen LogP contribution in [0.1, 0.15) is 23.2 Å². The minimum atomic E-state index is -0.870. The Hall–Kier alpha value is -3.03. The first-order valence-corrected chi connectivity index (χ1v) is 8.45. The molecule has 1 aromatic rings. The van der Waals surface area contributed by atoms with Crippen molar-refractivity contribution in [3.63, 3.8) is 0 Å². The molecule has 7 nitrogen and oxygen atoms in total. The number of Topliss-reactive ketones (excluding diaryl/α,β-unsaturated/α-hetero) is 1. The molecular weight excluding hydrogens is 357 g/mol.